The predicted octanol–water partition coefficient (Wildman–Crippen LogP) is 6.13. The number of fused-ring (bicyclic) bond motifs is 1. The van der Waals surface area contributed by atoms with Crippen molar-refractivity contribution in [3.05, 3.63) is 89.5 Å². The van der Waals surface area contributed by atoms with E-state index in [4.69, 9.17) is 18.9 Å². The van der Waals surface area contributed by atoms with Crippen LogP contribution in [-0.2, 0) is 9.53 Å². The van der Waals surface area contributed by atoms with E-state index in [0.29, 0.717) is 12.3 Å². The number of carbonyl (C=O) groups excluding carboxylic acids is 1. The number of esters is 1. The van der Waals surface area contributed by atoms with Crippen molar-refractivity contribution in [1.29, 1.82) is 0 Å². The van der Waals surface area contributed by atoms with Gasteiger partial charge in [0.1, 0.15) is 35.6 Å². The maximum atomic E-state index is 11.5. The van der Waals surface area contributed by atoms with Gasteiger partial charge < -0.3 is 24.3 Å². The summed E-state index contributed by atoms with van der Waals surface area (Å²) in [5.41, 5.74) is 4.81. The molecule has 1 aliphatic rings. The summed E-state index contributed by atoms with van der Waals surface area (Å²) >= 11 is 0. The highest BCUT2D eigenvalue weighted by Crippen LogP contribution is 2.49. The number of methoxy groups -OCH3 is 1. The quantitative estimate of drug-likeness (QED) is 0.328. The van der Waals surface area contributed by atoms with Crippen LogP contribution in [0.3, 0.4) is 0 Å². The molecule has 1 unspecified atom stereocenters. The van der Waals surface area contributed by atoms with Gasteiger partial charge in [0.2, 0.25) is 0 Å². The molecule has 6 heteroatoms. The van der Waals surface area contributed by atoms with Crippen molar-refractivity contribution in [2.75, 3.05) is 20.3 Å². The molecule has 0 aliphatic carbocycles. The van der Waals surface area contributed by atoms with Crippen LogP contribution < -0.4 is 19.5 Å². The van der Waals surface area contributed by atoms with Crippen molar-refractivity contribution in [2.45, 2.75) is 52.4 Å². The van der Waals surface area contributed by atoms with Crippen molar-refractivity contribution in [3.8, 4) is 17.2 Å². The Morgan fingerprint density at radius 2 is 1.63 bits per heavy atom. The van der Waals surface area contributed by atoms with Gasteiger partial charge in [0, 0.05) is 42.3 Å². The van der Waals surface area contributed by atoms with Gasteiger partial charge in [-0.3, -0.25) is 4.79 Å². The first-order valence-corrected chi connectivity index (χ1v) is 13.0. The summed E-state index contributed by atoms with van der Waals surface area (Å²) in [6, 6.07) is 24.6. The van der Waals surface area contributed by atoms with Crippen molar-refractivity contribution >= 4 is 17.1 Å². The van der Waals surface area contributed by atoms with Crippen LogP contribution in [-0.4, -0.2) is 44.0 Å². The van der Waals surface area contributed by atoms with E-state index in [2.05, 4.69) is 63.3 Å². The van der Waals surface area contributed by atoms with Crippen LogP contribution in [0.1, 0.15) is 51.3 Å². The van der Waals surface area contributed by atoms with Crippen LogP contribution in [0.4, 0.5) is 0 Å². The fraction of sp³-hybridized carbons (Fsp3) is 0.344. The molecule has 0 bridgehead atoms. The maximum Gasteiger partial charge on any atom is 0.303 e. The van der Waals surface area contributed by atoms with Crippen LogP contribution >= 0.6 is 0 Å². The SMILES string of the molecule is COc1ccc2c(c1)OC(C)(C)C(c1ccccc1)=C2c1ccc(OCC(CNC(C)C)OC(C)=O)cc1. The molecule has 0 saturated heterocycles. The first-order chi connectivity index (χ1) is 18.2. The van der Waals surface area contributed by atoms with Gasteiger partial charge in [-0.2, -0.15) is 0 Å². The molecule has 0 aromatic heterocycles. The lowest BCUT2D eigenvalue weighted by molar-refractivity contribution is -0.147. The Labute approximate surface area is 225 Å². The molecule has 0 spiro atoms. The third kappa shape index (κ3) is 6.37. The molecule has 0 amide bonds. The summed E-state index contributed by atoms with van der Waals surface area (Å²) in [4.78, 5) is 11.5. The predicted molar refractivity (Wildman–Crippen MR) is 151 cm³/mol. The molecule has 3 aromatic rings. The van der Waals surface area contributed by atoms with Gasteiger partial charge in [-0.05, 0) is 49.2 Å². The fourth-order valence-corrected chi connectivity index (χ4v) is 4.72. The normalized spacial score (nSPS) is 14.9. The molecule has 0 saturated carbocycles. The second-order valence-corrected chi connectivity index (χ2v) is 10.2. The molecule has 1 heterocycles. The molecular formula is C32H37NO5. The molecular weight excluding hydrogens is 478 g/mol. The average molecular weight is 516 g/mol. The van der Waals surface area contributed by atoms with Crippen LogP contribution in [0.15, 0.2) is 72.8 Å². The van der Waals surface area contributed by atoms with Gasteiger partial charge in [0.05, 0.1) is 7.11 Å². The standard InChI is InChI=1S/C32H37NO5/c1-21(2)33-19-27(37-22(3)34)20-36-25-14-12-23(13-15-25)30-28-17-16-26(35-6)18-29(28)38-32(4,5)31(30)24-10-8-7-9-11-24/h7-18,21,27,33H,19-20H2,1-6H3. The van der Waals surface area contributed by atoms with Gasteiger partial charge in [-0.15, -0.1) is 0 Å². The number of rotatable bonds is 10. The topological polar surface area (TPSA) is 66.0 Å². The van der Waals surface area contributed by atoms with Crippen molar-refractivity contribution in [3.63, 3.8) is 0 Å². The highest BCUT2D eigenvalue weighted by Gasteiger charge is 2.36. The number of ether oxygens (including phenoxy) is 4. The van der Waals surface area contributed by atoms with Gasteiger partial charge in [0.25, 0.3) is 0 Å². The summed E-state index contributed by atoms with van der Waals surface area (Å²) in [5, 5.41) is 3.30. The van der Waals surface area contributed by atoms with E-state index in [9.17, 15) is 4.79 Å². The van der Waals surface area contributed by atoms with E-state index in [1.165, 1.54) is 6.92 Å². The van der Waals surface area contributed by atoms with E-state index in [-0.39, 0.29) is 24.7 Å². The van der Waals surface area contributed by atoms with Gasteiger partial charge in [0.15, 0.2) is 0 Å². The van der Waals surface area contributed by atoms with Crippen LogP contribution in [0.5, 0.6) is 17.2 Å². The van der Waals surface area contributed by atoms with E-state index in [0.717, 1.165) is 39.3 Å². The number of hydrogen-bond acceptors (Lipinski definition) is 6. The van der Waals surface area contributed by atoms with E-state index < -0.39 is 5.60 Å². The van der Waals surface area contributed by atoms with E-state index in [1.54, 1.807) is 7.11 Å². The van der Waals surface area contributed by atoms with Gasteiger partial charge in [-0.25, -0.2) is 0 Å². The summed E-state index contributed by atoms with van der Waals surface area (Å²) in [6.07, 6.45) is -0.375. The second kappa shape index (κ2) is 11.7. The van der Waals surface area contributed by atoms with Gasteiger partial charge >= 0.3 is 5.97 Å². The first-order valence-electron chi connectivity index (χ1n) is 13.0. The Hall–Kier alpha value is -3.77. The molecule has 0 fully saturated rings. The molecule has 38 heavy (non-hydrogen) atoms. The molecule has 0 radical (unpaired) electrons. The Bertz CT molecular complexity index is 1280. The molecule has 200 valence electrons. The summed E-state index contributed by atoms with van der Waals surface area (Å²) in [5.74, 6) is 1.92. The lowest BCUT2D eigenvalue weighted by atomic mass is 9.79. The lowest BCUT2D eigenvalue weighted by Gasteiger charge is -2.38. The highest BCUT2D eigenvalue weighted by atomic mass is 16.6. The van der Waals surface area contributed by atoms with Crippen molar-refractivity contribution in [1.82, 2.24) is 5.32 Å². The van der Waals surface area contributed by atoms with Crippen molar-refractivity contribution < 1.29 is 23.7 Å². The zero-order chi connectivity index (χ0) is 27.3. The smallest absolute Gasteiger partial charge is 0.303 e. The summed E-state index contributed by atoms with van der Waals surface area (Å²) in [7, 11) is 1.66. The molecule has 1 atom stereocenters. The third-order valence-corrected chi connectivity index (χ3v) is 6.40. The van der Waals surface area contributed by atoms with Gasteiger partial charge in [-0.1, -0.05) is 56.3 Å². The zero-order valence-electron chi connectivity index (χ0n) is 23.0. The Morgan fingerprint density at radius 3 is 2.26 bits per heavy atom. The average Bonchev–Trinajstić information content (AvgIpc) is 2.89. The van der Waals surface area contributed by atoms with Crippen molar-refractivity contribution in [2.24, 2.45) is 0 Å². The number of nitrogens with one attached hydrogen (secondary N) is 1. The Kier molecular flexibility index (Phi) is 8.42. The maximum absolute atomic E-state index is 11.5. The third-order valence-electron chi connectivity index (χ3n) is 6.40. The molecule has 1 aliphatic heterocycles. The summed E-state index contributed by atoms with van der Waals surface area (Å²) in [6.45, 7) is 10.5. The zero-order valence-corrected chi connectivity index (χ0v) is 23.0. The van der Waals surface area contributed by atoms with Crippen LogP contribution in [0.2, 0.25) is 0 Å². The molecule has 4 rings (SSSR count). The Morgan fingerprint density at radius 1 is 0.947 bits per heavy atom. The minimum atomic E-state index is -0.577. The highest BCUT2D eigenvalue weighted by molar-refractivity contribution is 6.04. The van der Waals surface area contributed by atoms with Crippen LogP contribution in [0, 0.1) is 0 Å². The molecule has 6 nitrogen and oxygen atoms in total. The van der Waals surface area contributed by atoms with E-state index in [1.807, 2.05) is 42.5 Å². The first kappa shape index (κ1) is 27.3. The van der Waals surface area contributed by atoms with Crippen LogP contribution in [0.25, 0.3) is 11.1 Å². The lowest BCUT2D eigenvalue weighted by Crippen LogP contribution is -2.38. The number of hydrogen-bond donors (Lipinski definition) is 1. The number of benzene rings is 3. The molecule has 3 aromatic carbocycles. The monoisotopic (exact) mass is 515 g/mol. The van der Waals surface area contributed by atoms with E-state index >= 15 is 0 Å². The largest absolute Gasteiger partial charge is 0.497 e. The minimum Gasteiger partial charge on any atom is -0.497 e. The molecule has 1 N–H and O–H groups in total. The Balaban J connectivity index is 1.69. The second-order valence-electron chi connectivity index (χ2n) is 10.2. The summed E-state index contributed by atoms with van der Waals surface area (Å²) < 4.78 is 23.4. The minimum absolute atomic E-state index is 0.264. The number of carbonyl (C=O) groups is 1. The fourth-order valence-electron chi connectivity index (χ4n) is 4.72.